The molecule has 0 radical (unpaired) electrons. The monoisotopic (exact) mass is 450 g/mol. The van der Waals surface area contributed by atoms with Gasteiger partial charge in [0.2, 0.25) is 0 Å². The lowest BCUT2D eigenvalue weighted by Crippen LogP contribution is -2.56. The van der Waals surface area contributed by atoms with Gasteiger partial charge >= 0.3 is 0 Å². The van der Waals surface area contributed by atoms with E-state index in [0.717, 1.165) is 54.6 Å². The van der Waals surface area contributed by atoms with E-state index in [0.29, 0.717) is 5.02 Å². The maximum atomic E-state index is 9.83. The molecule has 1 aromatic heterocycles. The number of piperidine rings is 1. The lowest BCUT2D eigenvalue weighted by Gasteiger charge is -2.43. The zero-order chi connectivity index (χ0) is 16.2. The van der Waals surface area contributed by atoms with Gasteiger partial charge in [-0.2, -0.15) is 0 Å². The molecule has 1 aromatic rings. The number of nitrogens with one attached hydrogen (secondary N) is 1. The van der Waals surface area contributed by atoms with Gasteiger partial charge in [0.05, 0.1) is 17.7 Å². The molecule has 7 heteroatoms. The maximum Gasteiger partial charge on any atom is 0.129 e. The van der Waals surface area contributed by atoms with Crippen molar-refractivity contribution >= 4 is 40.0 Å². The molecule has 0 spiro atoms. The van der Waals surface area contributed by atoms with Gasteiger partial charge in [-0.15, -0.1) is 0 Å². The second-order valence-electron chi connectivity index (χ2n) is 6.43. The largest absolute Gasteiger partial charge is 0.395 e. The molecule has 128 valence electrons. The number of hydrogen-bond acceptors (Lipinski definition) is 5. The third-order valence-electron chi connectivity index (χ3n) is 4.88. The molecule has 0 unspecified atom stereocenters. The summed E-state index contributed by atoms with van der Waals surface area (Å²) in [7, 11) is 0. The molecule has 3 heterocycles. The first-order valence-electron chi connectivity index (χ1n) is 8.29. The van der Waals surface area contributed by atoms with Crippen molar-refractivity contribution in [1.29, 1.82) is 0 Å². The number of aliphatic hydroxyl groups is 1. The van der Waals surface area contributed by atoms with Crippen molar-refractivity contribution in [3.05, 3.63) is 20.9 Å². The van der Waals surface area contributed by atoms with Crippen LogP contribution in [-0.2, 0) is 0 Å². The highest BCUT2D eigenvalue weighted by Crippen LogP contribution is 2.25. The van der Waals surface area contributed by atoms with Gasteiger partial charge in [-0.1, -0.05) is 11.6 Å². The van der Waals surface area contributed by atoms with E-state index in [1.807, 2.05) is 6.07 Å². The van der Waals surface area contributed by atoms with E-state index in [9.17, 15) is 5.11 Å². The molecule has 2 N–H and O–H groups in total. The number of pyridine rings is 1. The fourth-order valence-corrected chi connectivity index (χ4v) is 4.01. The van der Waals surface area contributed by atoms with Crippen LogP contribution >= 0.6 is 34.2 Å². The zero-order valence-electron chi connectivity index (χ0n) is 13.2. The fourth-order valence-electron chi connectivity index (χ4n) is 3.49. The molecule has 5 nitrogen and oxygen atoms in total. The molecule has 1 atom stereocenters. The predicted octanol–water partition coefficient (Wildman–Crippen LogP) is 1.82. The van der Waals surface area contributed by atoms with Crippen LogP contribution in [0.4, 0.5) is 5.82 Å². The quantitative estimate of drug-likeness (QED) is 0.686. The smallest absolute Gasteiger partial charge is 0.129 e. The molecule has 0 aliphatic carbocycles. The maximum absolute atomic E-state index is 9.83. The van der Waals surface area contributed by atoms with Crippen molar-refractivity contribution in [3.8, 4) is 0 Å². The first kappa shape index (κ1) is 17.7. The molecule has 23 heavy (non-hydrogen) atoms. The van der Waals surface area contributed by atoms with Gasteiger partial charge in [0.1, 0.15) is 5.82 Å². The SMILES string of the molecule is OC[C@@H]1CN(c2cc(I)c(Cl)cn2)CCN1CC1CCNCC1. The number of rotatable bonds is 4. The molecule has 2 aliphatic rings. The Labute approximate surface area is 156 Å². The van der Waals surface area contributed by atoms with Gasteiger partial charge in [0.25, 0.3) is 0 Å². The van der Waals surface area contributed by atoms with E-state index in [4.69, 9.17) is 11.6 Å². The van der Waals surface area contributed by atoms with Crippen LogP contribution in [0.3, 0.4) is 0 Å². The predicted molar refractivity (Wildman–Crippen MR) is 102 cm³/mol. The Balaban J connectivity index is 1.62. The fraction of sp³-hybridized carbons (Fsp3) is 0.688. The van der Waals surface area contributed by atoms with E-state index in [2.05, 4.69) is 42.7 Å². The second-order valence-corrected chi connectivity index (χ2v) is 8.00. The topological polar surface area (TPSA) is 51.6 Å². The molecule has 0 amide bonds. The van der Waals surface area contributed by atoms with Crippen LogP contribution in [0.15, 0.2) is 12.3 Å². The number of nitrogens with zero attached hydrogens (tertiary/aromatic N) is 3. The molecule has 2 saturated heterocycles. The third-order valence-corrected chi connectivity index (χ3v) is 6.40. The van der Waals surface area contributed by atoms with Crippen LogP contribution in [0.25, 0.3) is 0 Å². The number of aliphatic hydroxyl groups excluding tert-OH is 1. The molecular formula is C16H24ClIN4O. The van der Waals surface area contributed by atoms with Crippen molar-refractivity contribution in [2.45, 2.75) is 18.9 Å². The summed E-state index contributed by atoms with van der Waals surface area (Å²) in [4.78, 5) is 9.18. The Bertz CT molecular complexity index is 527. The Morgan fingerprint density at radius 2 is 2.13 bits per heavy atom. The number of hydrogen-bond donors (Lipinski definition) is 2. The van der Waals surface area contributed by atoms with Gasteiger partial charge in [-0.25, -0.2) is 4.98 Å². The minimum Gasteiger partial charge on any atom is -0.395 e. The first-order valence-corrected chi connectivity index (χ1v) is 9.74. The molecule has 0 saturated carbocycles. The summed E-state index contributed by atoms with van der Waals surface area (Å²) >= 11 is 8.30. The Hall–Kier alpha value is -0.150. The van der Waals surface area contributed by atoms with Crippen LogP contribution in [0.5, 0.6) is 0 Å². The summed E-state index contributed by atoms with van der Waals surface area (Å²) in [6.07, 6.45) is 4.21. The number of halogens is 2. The number of piperazine rings is 1. The van der Waals surface area contributed by atoms with Crippen molar-refractivity contribution in [1.82, 2.24) is 15.2 Å². The van der Waals surface area contributed by atoms with Gasteiger partial charge in [-0.05, 0) is 60.5 Å². The average Bonchev–Trinajstić information content (AvgIpc) is 2.58. The lowest BCUT2D eigenvalue weighted by atomic mass is 9.96. The Morgan fingerprint density at radius 1 is 1.35 bits per heavy atom. The summed E-state index contributed by atoms with van der Waals surface area (Å²) < 4.78 is 1.02. The molecule has 0 aromatic carbocycles. The third kappa shape index (κ3) is 4.48. The van der Waals surface area contributed by atoms with Crippen molar-refractivity contribution in [2.24, 2.45) is 5.92 Å². The minimum atomic E-state index is 0.189. The Kier molecular flexibility index (Phi) is 6.37. The molecule has 2 fully saturated rings. The van der Waals surface area contributed by atoms with E-state index in [1.54, 1.807) is 6.20 Å². The normalized spacial score (nSPS) is 24.1. The van der Waals surface area contributed by atoms with Crippen LogP contribution in [0.1, 0.15) is 12.8 Å². The highest BCUT2D eigenvalue weighted by atomic mass is 127. The summed E-state index contributed by atoms with van der Waals surface area (Å²) in [5.41, 5.74) is 0. The summed E-state index contributed by atoms with van der Waals surface area (Å²) in [5, 5.41) is 13.9. The van der Waals surface area contributed by atoms with E-state index in [-0.39, 0.29) is 12.6 Å². The standard InChI is InChI=1S/C16H24ClIN4O/c17-14-8-20-16(7-15(14)18)22-6-5-21(13(10-22)11-23)9-12-1-3-19-4-2-12/h7-8,12-13,19,23H,1-6,9-11H2/t13-/m0/s1. The molecule has 3 rings (SSSR count). The summed E-state index contributed by atoms with van der Waals surface area (Å²) in [6, 6.07) is 2.22. The summed E-state index contributed by atoms with van der Waals surface area (Å²) in [6.45, 7) is 6.32. The van der Waals surface area contributed by atoms with Crippen LogP contribution in [0, 0.1) is 9.49 Å². The van der Waals surface area contributed by atoms with Crippen LogP contribution in [-0.4, -0.2) is 66.9 Å². The molecule has 2 aliphatic heterocycles. The van der Waals surface area contributed by atoms with Crippen LogP contribution < -0.4 is 10.2 Å². The van der Waals surface area contributed by atoms with Crippen molar-refractivity contribution in [3.63, 3.8) is 0 Å². The van der Waals surface area contributed by atoms with Gasteiger partial charge in [0.15, 0.2) is 0 Å². The van der Waals surface area contributed by atoms with Crippen molar-refractivity contribution in [2.75, 3.05) is 50.8 Å². The number of anilines is 1. The number of aromatic nitrogens is 1. The van der Waals surface area contributed by atoms with Gasteiger partial charge in [-0.3, -0.25) is 4.90 Å². The highest BCUT2D eigenvalue weighted by molar-refractivity contribution is 14.1. The van der Waals surface area contributed by atoms with E-state index in [1.165, 1.54) is 12.8 Å². The lowest BCUT2D eigenvalue weighted by molar-refractivity contribution is 0.0893. The van der Waals surface area contributed by atoms with E-state index >= 15 is 0 Å². The van der Waals surface area contributed by atoms with Crippen LogP contribution in [0.2, 0.25) is 5.02 Å². The molecule has 0 bridgehead atoms. The minimum absolute atomic E-state index is 0.189. The summed E-state index contributed by atoms with van der Waals surface area (Å²) in [5.74, 6) is 1.71. The zero-order valence-corrected chi connectivity index (χ0v) is 16.1. The first-order chi connectivity index (χ1) is 11.2. The van der Waals surface area contributed by atoms with Crippen molar-refractivity contribution < 1.29 is 5.11 Å². The Morgan fingerprint density at radius 3 is 2.83 bits per heavy atom. The molecular weight excluding hydrogens is 427 g/mol. The second kappa shape index (κ2) is 8.29. The highest BCUT2D eigenvalue weighted by Gasteiger charge is 2.29. The van der Waals surface area contributed by atoms with Gasteiger partial charge < -0.3 is 15.3 Å². The van der Waals surface area contributed by atoms with Gasteiger partial charge in [0, 0.05) is 35.9 Å². The average molecular weight is 451 g/mol. The van der Waals surface area contributed by atoms with E-state index < -0.39 is 0 Å².